The van der Waals surface area contributed by atoms with Gasteiger partial charge in [0, 0.05) is 26.2 Å². The van der Waals surface area contributed by atoms with Gasteiger partial charge in [-0.05, 0) is 43.2 Å². The molecular weight excluding hydrogens is 428 g/mol. The number of aromatic hydroxyl groups is 1. The highest BCUT2D eigenvalue weighted by atomic mass is 16.5. The molecule has 0 radical (unpaired) electrons. The molecule has 1 atom stereocenters. The summed E-state index contributed by atoms with van der Waals surface area (Å²) in [6.45, 7) is 6.26. The average Bonchev–Trinajstić information content (AvgIpc) is 3.44. The van der Waals surface area contributed by atoms with Crippen molar-refractivity contribution < 1.29 is 33.7 Å². The molecule has 9 heteroatoms. The van der Waals surface area contributed by atoms with E-state index in [4.69, 9.17) is 13.9 Å². The third-order valence-electron chi connectivity index (χ3n) is 5.87. The van der Waals surface area contributed by atoms with E-state index in [1.807, 2.05) is 0 Å². The maximum atomic E-state index is 13.2. The molecule has 176 valence electrons. The van der Waals surface area contributed by atoms with Gasteiger partial charge in [0.05, 0.1) is 37.7 Å². The lowest BCUT2D eigenvalue weighted by molar-refractivity contribution is -0.129. The highest BCUT2D eigenvalue weighted by molar-refractivity contribution is 6.15. The first kappa shape index (κ1) is 22.9. The molecule has 0 unspecified atom stereocenters. The zero-order valence-corrected chi connectivity index (χ0v) is 18.5. The fraction of sp³-hybridized carbons (Fsp3) is 0.417. The van der Waals surface area contributed by atoms with E-state index in [9.17, 15) is 19.8 Å². The fourth-order valence-electron chi connectivity index (χ4n) is 4.26. The van der Waals surface area contributed by atoms with Gasteiger partial charge in [0.15, 0.2) is 23.0 Å². The highest BCUT2D eigenvalue weighted by Crippen LogP contribution is 2.41. The molecule has 3 heterocycles. The Hall–Kier alpha value is -3.30. The number of amides is 1. The van der Waals surface area contributed by atoms with Crippen molar-refractivity contribution in [2.45, 2.75) is 19.4 Å². The minimum atomic E-state index is -0.834. The second kappa shape index (κ2) is 10.1. The molecule has 2 aliphatic rings. The third-order valence-corrected chi connectivity index (χ3v) is 5.87. The van der Waals surface area contributed by atoms with Crippen LogP contribution in [-0.2, 0) is 9.53 Å². The molecule has 1 aromatic heterocycles. The van der Waals surface area contributed by atoms with E-state index in [0.717, 1.165) is 19.6 Å². The Kier molecular flexibility index (Phi) is 7.00. The maximum absolute atomic E-state index is 13.2. The molecule has 2 N–H and O–H groups in total. The predicted molar refractivity (Wildman–Crippen MR) is 118 cm³/mol. The summed E-state index contributed by atoms with van der Waals surface area (Å²) in [6.07, 6.45) is 2.03. The molecule has 4 rings (SSSR count). The van der Waals surface area contributed by atoms with Gasteiger partial charge in [-0.1, -0.05) is 6.07 Å². The number of carbonyl (C=O) groups excluding carboxylic acids is 2. The summed E-state index contributed by atoms with van der Waals surface area (Å²) in [4.78, 5) is 30.0. The standard InChI is InChI=1S/C24H28N2O7/c1-2-32-19-15-16(6-7-17(19)27)21-20(22(28)18-5-3-12-33-18)23(29)24(30)26(21)9-4-8-25-10-13-31-14-11-25/h3,5-7,12,15,21,27,29H,2,4,8-11,13-14H2,1H3/t21-/m0/s1. The van der Waals surface area contributed by atoms with Crippen LogP contribution < -0.4 is 4.74 Å². The van der Waals surface area contributed by atoms with Crippen molar-refractivity contribution >= 4 is 11.7 Å². The van der Waals surface area contributed by atoms with Crippen molar-refractivity contribution in [2.24, 2.45) is 0 Å². The first-order valence-electron chi connectivity index (χ1n) is 11.1. The second-order valence-electron chi connectivity index (χ2n) is 7.94. The number of carbonyl (C=O) groups is 2. The molecule has 0 aliphatic carbocycles. The Morgan fingerprint density at radius 2 is 1.97 bits per heavy atom. The number of morpholine rings is 1. The SMILES string of the molecule is CCOc1cc([C@H]2C(C(=O)c3ccco3)=C(O)C(=O)N2CCCN2CCOCC2)ccc1O. The number of ether oxygens (including phenoxy) is 2. The Bertz CT molecular complexity index is 1030. The number of aliphatic hydroxyl groups excluding tert-OH is 1. The van der Waals surface area contributed by atoms with E-state index in [1.165, 1.54) is 23.3 Å². The number of ketones is 1. The van der Waals surface area contributed by atoms with Crippen LogP contribution >= 0.6 is 0 Å². The molecule has 0 bridgehead atoms. The lowest BCUT2D eigenvalue weighted by atomic mass is 9.94. The molecular formula is C24H28N2O7. The molecule has 1 saturated heterocycles. The van der Waals surface area contributed by atoms with Crippen LogP contribution in [-0.4, -0.2) is 77.7 Å². The summed E-state index contributed by atoms with van der Waals surface area (Å²) in [7, 11) is 0. The minimum absolute atomic E-state index is 0.0355. The van der Waals surface area contributed by atoms with Crippen molar-refractivity contribution in [3.63, 3.8) is 0 Å². The topological polar surface area (TPSA) is 113 Å². The van der Waals surface area contributed by atoms with E-state index in [1.54, 1.807) is 25.1 Å². The lowest BCUT2D eigenvalue weighted by Crippen LogP contribution is -2.39. The van der Waals surface area contributed by atoms with Crippen molar-refractivity contribution in [3.05, 3.63) is 59.3 Å². The Morgan fingerprint density at radius 1 is 1.18 bits per heavy atom. The van der Waals surface area contributed by atoms with Crippen LogP contribution in [0.5, 0.6) is 11.5 Å². The first-order valence-corrected chi connectivity index (χ1v) is 11.1. The second-order valence-corrected chi connectivity index (χ2v) is 7.94. The third kappa shape index (κ3) is 4.74. The summed E-state index contributed by atoms with van der Waals surface area (Å²) in [5, 5.41) is 20.8. The number of hydrogen-bond acceptors (Lipinski definition) is 8. The van der Waals surface area contributed by atoms with Crippen LogP contribution in [0.4, 0.5) is 0 Å². The molecule has 33 heavy (non-hydrogen) atoms. The van der Waals surface area contributed by atoms with E-state index in [2.05, 4.69) is 4.90 Å². The predicted octanol–water partition coefficient (Wildman–Crippen LogP) is 2.68. The number of benzene rings is 1. The number of aliphatic hydroxyl groups is 1. The summed E-state index contributed by atoms with van der Waals surface area (Å²) < 4.78 is 16.1. The smallest absolute Gasteiger partial charge is 0.290 e. The van der Waals surface area contributed by atoms with Crippen molar-refractivity contribution in [3.8, 4) is 11.5 Å². The molecule has 9 nitrogen and oxygen atoms in total. The van der Waals surface area contributed by atoms with Gasteiger partial charge in [-0.25, -0.2) is 0 Å². The summed E-state index contributed by atoms with van der Waals surface area (Å²) in [5.41, 5.74) is 0.504. The number of nitrogens with zero attached hydrogens (tertiary/aromatic N) is 2. The molecule has 0 saturated carbocycles. The van der Waals surface area contributed by atoms with Crippen LogP contribution in [0.1, 0.15) is 35.5 Å². The number of phenols is 1. The Morgan fingerprint density at radius 3 is 2.67 bits per heavy atom. The molecule has 1 fully saturated rings. The van der Waals surface area contributed by atoms with Crippen molar-refractivity contribution in [2.75, 3.05) is 46.0 Å². The number of hydrogen-bond donors (Lipinski definition) is 2. The Balaban J connectivity index is 1.64. The molecule has 2 aliphatic heterocycles. The number of phenolic OH excluding ortho intramolecular Hbond substituents is 1. The van der Waals surface area contributed by atoms with E-state index >= 15 is 0 Å². The molecule has 0 spiro atoms. The fourth-order valence-corrected chi connectivity index (χ4v) is 4.26. The van der Waals surface area contributed by atoms with Gasteiger partial charge in [0.25, 0.3) is 5.91 Å². The first-order chi connectivity index (χ1) is 16.0. The summed E-state index contributed by atoms with van der Waals surface area (Å²) >= 11 is 0. The quantitative estimate of drug-likeness (QED) is 0.554. The molecule has 2 aromatic rings. The van der Waals surface area contributed by atoms with E-state index in [0.29, 0.717) is 38.3 Å². The average molecular weight is 456 g/mol. The largest absolute Gasteiger partial charge is 0.504 e. The summed E-state index contributed by atoms with van der Waals surface area (Å²) in [6, 6.07) is 6.91. The monoisotopic (exact) mass is 456 g/mol. The van der Waals surface area contributed by atoms with Gasteiger partial charge in [-0.3, -0.25) is 14.5 Å². The zero-order chi connectivity index (χ0) is 23.4. The number of furan rings is 1. The van der Waals surface area contributed by atoms with Crippen molar-refractivity contribution in [1.82, 2.24) is 9.80 Å². The van der Waals surface area contributed by atoms with Gasteiger partial charge in [0.2, 0.25) is 5.78 Å². The number of Topliss-reactive ketones (excluding diaryl/α,β-unsaturated/α-hetero) is 1. The van der Waals surface area contributed by atoms with Crippen LogP contribution in [0.15, 0.2) is 52.3 Å². The van der Waals surface area contributed by atoms with Gasteiger partial charge < -0.3 is 29.0 Å². The van der Waals surface area contributed by atoms with Gasteiger partial charge in [0.1, 0.15) is 0 Å². The molecule has 1 amide bonds. The van der Waals surface area contributed by atoms with E-state index < -0.39 is 23.5 Å². The molecule has 1 aromatic carbocycles. The van der Waals surface area contributed by atoms with Gasteiger partial charge in [-0.15, -0.1) is 0 Å². The summed E-state index contributed by atoms with van der Waals surface area (Å²) in [5.74, 6) is -1.52. The van der Waals surface area contributed by atoms with Gasteiger partial charge in [-0.2, -0.15) is 0 Å². The Labute approximate surface area is 191 Å². The highest BCUT2D eigenvalue weighted by Gasteiger charge is 2.44. The van der Waals surface area contributed by atoms with Crippen LogP contribution in [0.2, 0.25) is 0 Å². The van der Waals surface area contributed by atoms with Gasteiger partial charge >= 0.3 is 0 Å². The lowest BCUT2D eigenvalue weighted by Gasteiger charge is -2.30. The van der Waals surface area contributed by atoms with Crippen molar-refractivity contribution in [1.29, 1.82) is 0 Å². The zero-order valence-electron chi connectivity index (χ0n) is 18.5. The normalized spacial score (nSPS) is 19.4. The van der Waals surface area contributed by atoms with E-state index in [-0.39, 0.29) is 22.8 Å². The number of rotatable bonds is 9. The van der Waals surface area contributed by atoms with Crippen LogP contribution in [0, 0.1) is 0 Å². The maximum Gasteiger partial charge on any atom is 0.290 e. The van der Waals surface area contributed by atoms with Crippen LogP contribution in [0.25, 0.3) is 0 Å². The van der Waals surface area contributed by atoms with Crippen LogP contribution in [0.3, 0.4) is 0 Å². The minimum Gasteiger partial charge on any atom is -0.504 e.